The summed E-state index contributed by atoms with van der Waals surface area (Å²) in [4.78, 5) is 26.4. The molecule has 0 spiro atoms. The van der Waals surface area contributed by atoms with Gasteiger partial charge in [-0.1, -0.05) is 6.07 Å². The standard InChI is InChI=1S/C24H29NO7/c1-28-19-7-5-16(11-20(19)29-2)6-8-24(27)32-15-23(26)25-10-9-17-12-21(30-3)22(31-4)13-18(17)14-25/h5,7,11-13H,6,8-10,14-15H2,1-4H3. The van der Waals surface area contributed by atoms with Crippen LogP contribution in [0.5, 0.6) is 23.0 Å². The number of carbonyl (C=O) groups excluding carboxylic acids is 2. The zero-order chi connectivity index (χ0) is 23.1. The second-order valence-electron chi connectivity index (χ2n) is 7.39. The van der Waals surface area contributed by atoms with Crippen molar-refractivity contribution in [3.05, 3.63) is 47.0 Å². The van der Waals surface area contributed by atoms with Crippen molar-refractivity contribution in [1.29, 1.82) is 0 Å². The van der Waals surface area contributed by atoms with E-state index in [2.05, 4.69) is 0 Å². The average Bonchev–Trinajstić information content (AvgIpc) is 2.84. The Bertz CT molecular complexity index is 973. The number of hydrogen-bond donors (Lipinski definition) is 0. The van der Waals surface area contributed by atoms with Gasteiger partial charge in [0.05, 0.1) is 28.4 Å². The molecule has 1 heterocycles. The number of esters is 1. The number of hydrogen-bond acceptors (Lipinski definition) is 7. The highest BCUT2D eigenvalue weighted by molar-refractivity contribution is 5.81. The maximum Gasteiger partial charge on any atom is 0.306 e. The van der Waals surface area contributed by atoms with Crippen molar-refractivity contribution in [2.75, 3.05) is 41.6 Å². The minimum absolute atomic E-state index is 0.169. The topological polar surface area (TPSA) is 83.5 Å². The lowest BCUT2D eigenvalue weighted by molar-refractivity contribution is -0.152. The zero-order valence-corrected chi connectivity index (χ0v) is 18.9. The SMILES string of the molecule is COc1ccc(CCC(=O)OCC(=O)N2CCc3cc(OC)c(OC)cc3C2)cc1OC. The molecule has 2 aromatic rings. The summed E-state index contributed by atoms with van der Waals surface area (Å²) in [6.07, 6.45) is 1.35. The second-order valence-corrected chi connectivity index (χ2v) is 7.39. The fraction of sp³-hybridized carbons (Fsp3) is 0.417. The van der Waals surface area contributed by atoms with Gasteiger partial charge in [0.2, 0.25) is 0 Å². The number of nitrogens with zero attached hydrogens (tertiary/aromatic N) is 1. The summed E-state index contributed by atoms with van der Waals surface area (Å²) in [5.74, 6) is 1.90. The van der Waals surface area contributed by atoms with Crippen LogP contribution in [0.1, 0.15) is 23.1 Å². The number of aryl methyl sites for hydroxylation is 1. The molecule has 0 saturated heterocycles. The van der Waals surface area contributed by atoms with E-state index in [1.54, 1.807) is 39.4 Å². The number of ether oxygens (including phenoxy) is 5. The first-order valence-corrected chi connectivity index (χ1v) is 10.4. The first-order valence-electron chi connectivity index (χ1n) is 10.4. The molecule has 172 valence electrons. The van der Waals surface area contributed by atoms with Gasteiger partial charge in [0.15, 0.2) is 29.6 Å². The van der Waals surface area contributed by atoms with E-state index in [0.29, 0.717) is 48.9 Å². The molecular formula is C24H29NO7. The Morgan fingerprint density at radius 1 is 0.844 bits per heavy atom. The Kier molecular flexibility index (Phi) is 7.81. The van der Waals surface area contributed by atoms with E-state index < -0.39 is 5.97 Å². The number of rotatable bonds is 9. The van der Waals surface area contributed by atoms with Gasteiger partial charge in [-0.15, -0.1) is 0 Å². The van der Waals surface area contributed by atoms with Gasteiger partial charge in [-0.2, -0.15) is 0 Å². The molecule has 0 aliphatic carbocycles. The Morgan fingerprint density at radius 3 is 2.12 bits per heavy atom. The fourth-order valence-corrected chi connectivity index (χ4v) is 3.68. The molecule has 8 heteroatoms. The lowest BCUT2D eigenvalue weighted by atomic mass is 9.99. The van der Waals surface area contributed by atoms with Gasteiger partial charge >= 0.3 is 5.97 Å². The van der Waals surface area contributed by atoms with E-state index in [1.165, 1.54) is 0 Å². The zero-order valence-electron chi connectivity index (χ0n) is 18.9. The molecule has 32 heavy (non-hydrogen) atoms. The van der Waals surface area contributed by atoms with Crippen LogP contribution in [0.25, 0.3) is 0 Å². The molecule has 2 aromatic carbocycles. The third-order valence-corrected chi connectivity index (χ3v) is 5.49. The molecule has 0 atom stereocenters. The number of amides is 1. The first kappa shape index (κ1) is 23.2. The highest BCUT2D eigenvalue weighted by atomic mass is 16.5. The number of carbonyl (C=O) groups is 2. The van der Waals surface area contributed by atoms with Gasteiger partial charge in [0, 0.05) is 19.5 Å². The van der Waals surface area contributed by atoms with Crippen LogP contribution in [0.2, 0.25) is 0 Å². The van der Waals surface area contributed by atoms with Crippen LogP contribution in [0.3, 0.4) is 0 Å². The smallest absolute Gasteiger partial charge is 0.306 e. The van der Waals surface area contributed by atoms with E-state index in [9.17, 15) is 9.59 Å². The van der Waals surface area contributed by atoms with Gasteiger partial charge in [0.25, 0.3) is 5.91 Å². The number of benzene rings is 2. The summed E-state index contributed by atoms with van der Waals surface area (Å²) in [6, 6.07) is 9.33. The molecule has 0 fully saturated rings. The summed E-state index contributed by atoms with van der Waals surface area (Å²) in [5, 5.41) is 0. The van der Waals surface area contributed by atoms with Gasteiger partial charge in [0.1, 0.15) is 0 Å². The Labute approximate surface area is 188 Å². The summed E-state index contributed by atoms with van der Waals surface area (Å²) in [7, 11) is 6.31. The van der Waals surface area contributed by atoms with Crippen LogP contribution in [0, 0.1) is 0 Å². The summed E-state index contributed by atoms with van der Waals surface area (Å²) >= 11 is 0. The predicted molar refractivity (Wildman–Crippen MR) is 117 cm³/mol. The van der Waals surface area contributed by atoms with Crippen molar-refractivity contribution >= 4 is 11.9 Å². The van der Waals surface area contributed by atoms with Crippen LogP contribution < -0.4 is 18.9 Å². The predicted octanol–water partition coefficient (Wildman–Crippen LogP) is 2.78. The van der Waals surface area contributed by atoms with Crippen LogP contribution >= 0.6 is 0 Å². The van der Waals surface area contributed by atoms with Crippen LogP contribution in [-0.4, -0.2) is 58.4 Å². The Morgan fingerprint density at radius 2 is 1.47 bits per heavy atom. The second kappa shape index (κ2) is 10.7. The molecule has 1 aliphatic rings. The Balaban J connectivity index is 1.50. The fourth-order valence-electron chi connectivity index (χ4n) is 3.68. The molecule has 1 aliphatic heterocycles. The monoisotopic (exact) mass is 443 g/mol. The van der Waals surface area contributed by atoms with Gasteiger partial charge in [-0.3, -0.25) is 9.59 Å². The molecule has 8 nitrogen and oxygen atoms in total. The van der Waals surface area contributed by atoms with E-state index >= 15 is 0 Å². The summed E-state index contributed by atoms with van der Waals surface area (Å²) in [5.41, 5.74) is 3.04. The minimum atomic E-state index is -0.419. The normalized spacial score (nSPS) is 12.6. The molecule has 0 saturated carbocycles. The summed E-state index contributed by atoms with van der Waals surface area (Å²) in [6.45, 7) is 0.732. The molecule has 1 amide bonds. The minimum Gasteiger partial charge on any atom is -0.493 e. The van der Waals surface area contributed by atoms with Gasteiger partial charge in [-0.25, -0.2) is 0 Å². The quantitative estimate of drug-likeness (QED) is 0.551. The van der Waals surface area contributed by atoms with E-state index in [0.717, 1.165) is 16.7 Å². The molecule has 0 unspecified atom stereocenters. The third-order valence-electron chi connectivity index (χ3n) is 5.49. The molecule has 0 aromatic heterocycles. The van der Waals surface area contributed by atoms with Crippen LogP contribution in [0.15, 0.2) is 30.3 Å². The Hall–Kier alpha value is -3.42. The van der Waals surface area contributed by atoms with Crippen molar-refractivity contribution in [1.82, 2.24) is 4.90 Å². The van der Waals surface area contributed by atoms with Gasteiger partial charge < -0.3 is 28.6 Å². The van der Waals surface area contributed by atoms with E-state index in [4.69, 9.17) is 23.7 Å². The first-order chi connectivity index (χ1) is 15.5. The van der Waals surface area contributed by atoms with Crippen molar-refractivity contribution in [3.8, 4) is 23.0 Å². The number of fused-ring (bicyclic) bond motifs is 1. The highest BCUT2D eigenvalue weighted by Crippen LogP contribution is 2.33. The maximum absolute atomic E-state index is 12.6. The molecule has 0 N–H and O–H groups in total. The largest absolute Gasteiger partial charge is 0.493 e. The van der Waals surface area contributed by atoms with Gasteiger partial charge in [-0.05, 0) is 53.8 Å². The lowest BCUT2D eigenvalue weighted by Crippen LogP contribution is -2.38. The van der Waals surface area contributed by atoms with Crippen molar-refractivity contribution in [2.24, 2.45) is 0 Å². The molecule has 0 bridgehead atoms. The van der Waals surface area contributed by atoms with Crippen molar-refractivity contribution in [3.63, 3.8) is 0 Å². The molecule has 3 rings (SSSR count). The third kappa shape index (κ3) is 5.43. The lowest BCUT2D eigenvalue weighted by Gasteiger charge is -2.29. The highest BCUT2D eigenvalue weighted by Gasteiger charge is 2.23. The molecular weight excluding hydrogens is 414 g/mol. The van der Waals surface area contributed by atoms with E-state index in [1.807, 2.05) is 24.3 Å². The van der Waals surface area contributed by atoms with Crippen molar-refractivity contribution < 1.29 is 33.3 Å². The maximum atomic E-state index is 12.6. The van der Waals surface area contributed by atoms with Crippen LogP contribution in [0.4, 0.5) is 0 Å². The summed E-state index contributed by atoms with van der Waals surface area (Å²) < 4.78 is 26.4. The van der Waals surface area contributed by atoms with Crippen molar-refractivity contribution in [2.45, 2.75) is 25.8 Å². The average molecular weight is 443 g/mol. The molecule has 0 radical (unpaired) electrons. The van der Waals surface area contributed by atoms with Crippen LogP contribution in [-0.2, 0) is 33.7 Å². The number of methoxy groups -OCH3 is 4. The van der Waals surface area contributed by atoms with E-state index in [-0.39, 0.29) is 18.9 Å².